The van der Waals surface area contributed by atoms with Crippen LogP contribution >= 0.6 is 0 Å². The van der Waals surface area contributed by atoms with Crippen LogP contribution in [0.5, 0.6) is 0 Å². The van der Waals surface area contributed by atoms with E-state index in [4.69, 9.17) is 13.7 Å². The van der Waals surface area contributed by atoms with Crippen molar-refractivity contribution in [1.29, 1.82) is 0 Å². The van der Waals surface area contributed by atoms with Crippen LogP contribution in [0.2, 0.25) is 0 Å². The Hall–Kier alpha value is -2.00. The van der Waals surface area contributed by atoms with E-state index in [1.54, 1.807) is 0 Å². The summed E-state index contributed by atoms with van der Waals surface area (Å²) in [6, 6.07) is 3.42. The number of ether oxygens (including phenoxy) is 2. The molecule has 3 rings (SSSR count). The molecule has 190 valence electrons. The molecule has 14 heteroatoms. The first kappa shape index (κ1) is 26.6. The smallest absolute Gasteiger partial charge is 0.382 e. The molecular formula is C20H25F3N2O7S2. The average Bonchev–Trinajstić information content (AvgIpc) is 3.14. The predicted molar refractivity (Wildman–Crippen MR) is 114 cm³/mol. The highest BCUT2D eigenvalue weighted by Crippen LogP contribution is 2.46. The number of alkyl halides is 3. The van der Waals surface area contributed by atoms with Crippen molar-refractivity contribution in [3.05, 3.63) is 47.3 Å². The SMILES string of the molecule is COCC(OS(C)(=O)=O)c1nn(C)cc1C1(S(=O)(=O)c2cccc(C(F)(F)F)c2)CCCCO1. The lowest BCUT2D eigenvalue weighted by atomic mass is 9.99. The Morgan fingerprint density at radius 2 is 1.94 bits per heavy atom. The third-order valence-corrected chi connectivity index (χ3v) is 8.19. The molecular weight excluding hydrogens is 501 g/mol. The fourth-order valence-electron chi connectivity index (χ4n) is 3.92. The standard InChI is InChI=1S/C20H25F3N2O7S2/c1-25-12-16(18(24-25)17(13-30-2)32-33(3,26)27)19(9-4-5-10-31-19)34(28,29)15-8-6-7-14(11-15)20(21,22)23/h6-8,11-12,17H,4-5,9-10,13H2,1-3H3. The zero-order chi connectivity index (χ0) is 25.4. The van der Waals surface area contributed by atoms with Crippen molar-refractivity contribution >= 4 is 20.0 Å². The number of methoxy groups -OCH3 is 1. The molecule has 0 N–H and O–H groups in total. The van der Waals surface area contributed by atoms with E-state index in [1.165, 1.54) is 25.0 Å². The van der Waals surface area contributed by atoms with Crippen LogP contribution in [0.4, 0.5) is 13.2 Å². The number of hydrogen-bond acceptors (Lipinski definition) is 8. The molecule has 0 amide bonds. The van der Waals surface area contributed by atoms with Crippen LogP contribution in [-0.4, -0.2) is 53.2 Å². The molecule has 1 saturated heterocycles. The molecule has 0 aliphatic carbocycles. The zero-order valence-corrected chi connectivity index (χ0v) is 20.3. The van der Waals surface area contributed by atoms with E-state index in [0.29, 0.717) is 18.9 Å². The zero-order valence-electron chi connectivity index (χ0n) is 18.7. The molecule has 0 saturated carbocycles. The highest BCUT2D eigenvalue weighted by Gasteiger charge is 2.52. The maximum absolute atomic E-state index is 13.9. The van der Waals surface area contributed by atoms with Crippen molar-refractivity contribution < 1.29 is 43.7 Å². The lowest BCUT2D eigenvalue weighted by Crippen LogP contribution is -2.42. The van der Waals surface area contributed by atoms with Crippen molar-refractivity contribution in [1.82, 2.24) is 9.78 Å². The lowest BCUT2D eigenvalue weighted by Gasteiger charge is -2.37. The summed E-state index contributed by atoms with van der Waals surface area (Å²) < 4.78 is 109. The largest absolute Gasteiger partial charge is 0.416 e. The predicted octanol–water partition coefficient (Wildman–Crippen LogP) is 2.93. The fourth-order valence-corrected chi connectivity index (χ4v) is 6.51. The minimum Gasteiger partial charge on any atom is -0.382 e. The minimum absolute atomic E-state index is 0.0159. The van der Waals surface area contributed by atoms with Gasteiger partial charge in [-0.2, -0.15) is 26.7 Å². The topological polar surface area (TPSA) is 114 Å². The molecule has 34 heavy (non-hydrogen) atoms. The monoisotopic (exact) mass is 526 g/mol. The number of hydrogen-bond donors (Lipinski definition) is 0. The van der Waals surface area contributed by atoms with E-state index >= 15 is 0 Å². The van der Waals surface area contributed by atoms with Gasteiger partial charge in [-0.05, 0) is 37.5 Å². The second-order valence-corrected chi connectivity index (χ2v) is 11.7. The molecule has 2 heterocycles. The summed E-state index contributed by atoms with van der Waals surface area (Å²) in [5.74, 6) is 0. The van der Waals surface area contributed by atoms with E-state index in [1.807, 2.05) is 0 Å². The molecule has 1 aromatic heterocycles. The fraction of sp³-hybridized carbons (Fsp3) is 0.550. The molecule has 2 unspecified atom stereocenters. The Kier molecular flexibility index (Phi) is 7.49. The second-order valence-electron chi connectivity index (χ2n) is 7.93. The van der Waals surface area contributed by atoms with Crippen LogP contribution in [0, 0.1) is 0 Å². The summed E-state index contributed by atoms with van der Waals surface area (Å²) in [4.78, 5) is -2.68. The van der Waals surface area contributed by atoms with Crippen LogP contribution in [-0.2, 0) is 51.8 Å². The van der Waals surface area contributed by atoms with Gasteiger partial charge in [-0.1, -0.05) is 6.07 Å². The maximum atomic E-state index is 13.9. The number of sulfone groups is 1. The molecule has 1 aliphatic rings. The molecule has 0 bridgehead atoms. The van der Waals surface area contributed by atoms with E-state index < -0.39 is 47.6 Å². The summed E-state index contributed by atoms with van der Waals surface area (Å²) in [5, 5.41) is 4.22. The summed E-state index contributed by atoms with van der Waals surface area (Å²) in [6.45, 7) is -0.259. The van der Waals surface area contributed by atoms with Crippen molar-refractivity contribution in [2.45, 2.75) is 41.4 Å². The van der Waals surface area contributed by atoms with E-state index in [2.05, 4.69) is 5.10 Å². The average molecular weight is 527 g/mol. The van der Waals surface area contributed by atoms with Crippen LogP contribution in [0.1, 0.15) is 42.2 Å². The van der Waals surface area contributed by atoms with Crippen molar-refractivity contribution in [2.24, 2.45) is 7.05 Å². The number of aromatic nitrogens is 2. The Balaban J connectivity index is 2.24. The van der Waals surface area contributed by atoms with Gasteiger partial charge in [0, 0.05) is 32.5 Å². The van der Waals surface area contributed by atoms with Crippen LogP contribution in [0.25, 0.3) is 0 Å². The third-order valence-electron chi connectivity index (χ3n) is 5.32. The normalized spacial score (nSPS) is 20.9. The van der Waals surface area contributed by atoms with Crippen molar-refractivity contribution in [3.63, 3.8) is 0 Å². The molecule has 1 fully saturated rings. The van der Waals surface area contributed by atoms with Gasteiger partial charge in [0.25, 0.3) is 10.1 Å². The van der Waals surface area contributed by atoms with E-state index in [0.717, 1.165) is 24.5 Å². The molecule has 1 aliphatic heterocycles. The van der Waals surface area contributed by atoms with Gasteiger partial charge in [-0.3, -0.25) is 8.86 Å². The van der Waals surface area contributed by atoms with Gasteiger partial charge in [0.15, 0.2) is 0 Å². The summed E-state index contributed by atoms with van der Waals surface area (Å²) >= 11 is 0. The van der Waals surface area contributed by atoms with Gasteiger partial charge in [0.05, 0.1) is 23.3 Å². The number of benzene rings is 1. The van der Waals surface area contributed by atoms with Gasteiger partial charge >= 0.3 is 6.18 Å². The maximum Gasteiger partial charge on any atom is 0.416 e. The Morgan fingerprint density at radius 1 is 1.24 bits per heavy atom. The molecule has 0 radical (unpaired) electrons. The molecule has 1 aromatic carbocycles. The minimum atomic E-state index is -4.75. The van der Waals surface area contributed by atoms with Gasteiger partial charge in [-0.25, -0.2) is 8.42 Å². The first-order chi connectivity index (χ1) is 15.7. The van der Waals surface area contributed by atoms with Crippen molar-refractivity contribution in [2.75, 3.05) is 26.6 Å². The Labute approximate surface area is 195 Å². The van der Waals surface area contributed by atoms with Gasteiger partial charge in [0.2, 0.25) is 14.8 Å². The molecule has 2 aromatic rings. The van der Waals surface area contributed by atoms with Gasteiger partial charge in [-0.15, -0.1) is 0 Å². The molecule has 2 atom stereocenters. The quantitative estimate of drug-likeness (QED) is 0.483. The van der Waals surface area contributed by atoms with Crippen LogP contribution < -0.4 is 0 Å². The first-order valence-electron chi connectivity index (χ1n) is 10.2. The third kappa shape index (κ3) is 5.30. The summed E-state index contributed by atoms with van der Waals surface area (Å²) in [7, 11) is -5.80. The highest BCUT2D eigenvalue weighted by atomic mass is 32.2. The first-order valence-corrected chi connectivity index (χ1v) is 13.5. The highest BCUT2D eigenvalue weighted by molar-refractivity contribution is 7.92. The Morgan fingerprint density at radius 3 is 2.50 bits per heavy atom. The van der Waals surface area contributed by atoms with Crippen molar-refractivity contribution in [3.8, 4) is 0 Å². The number of halogens is 3. The second kappa shape index (κ2) is 9.57. The van der Waals surface area contributed by atoms with E-state index in [9.17, 15) is 30.0 Å². The summed E-state index contributed by atoms with van der Waals surface area (Å²) in [6.07, 6.45) is -3.03. The number of rotatable bonds is 8. The molecule has 0 spiro atoms. The molecule has 9 nitrogen and oxygen atoms in total. The van der Waals surface area contributed by atoms with Gasteiger partial charge < -0.3 is 9.47 Å². The Bertz CT molecular complexity index is 1240. The summed E-state index contributed by atoms with van der Waals surface area (Å²) in [5.41, 5.74) is -1.20. The van der Waals surface area contributed by atoms with Crippen LogP contribution in [0.3, 0.4) is 0 Å². The number of nitrogens with zero attached hydrogens (tertiary/aromatic N) is 2. The lowest BCUT2D eigenvalue weighted by molar-refractivity contribution is -0.137. The van der Waals surface area contributed by atoms with Gasteiger partial charge in [0.1, 0.15) is 11.8 Å². The number of aryl methyl sites for hydroxylation is 1. The van der Waals surface area contributed by atoms with E-state index in [-0.39, 0.29) is 30.9 Å². The van der Waals surface area contributed by atoms with Crippen LogP contribution in [0.15, 0.2) is 35.4 Å².